The third-order valence-electron chi connectivity index (χ3n) is 6.11. The Kier molecular flexibility index (Phi) is 7.05. The third kappa shape index (κ3) is 4.99. The molecule has 0 aliphatic heterocycles. The molecule has 9 heteroatoms. The number of amides is 1. The van der Waals surface area contributed by atoms with Gasteiger partial charge >= 0.3 is 0 Å². The van der Waals surface area contributed by atoms with Crippen LogP contribution in [0.1, 0.15) is 39.3 Å². The minimum absolute atomic E-state index is 0.0953. The molecule has 2 aromatic carbocycles. The Hall–Kier alpha value is -3.49. The van der Waals surface area contributed by atoms with Crippen molar-refractivity contribution in [1.29, 1.82) is 0 Å². The van der Waals surface area contributed by atoms with Gasteiger partial charge in [0.25, 0.3) is 5.91 Å². The lowest BCUT2D eigenvalue weighted by atomic mass is 9.91. The Morgan fingerprint density at radius 3 is 2.54 bits per heavy atom. The van der Waals surface area contributed by atoms with Crippen molar-refractivity contribution in [3.8, 4) is 22.8 Å². The number of nitrogens with one attached hydrogen (secondary N) is 1. The van der Waals surface area contributed by atoms with E-state index in [0.717, 1.165) is 12.8 Å². The number of aromatic nitrogens is 1. The van der Waals surface area contributed by atoms with Gasteiger partial charge in [0.2, 0.25) is 0 Å². The number of ether oxygens (including phenoxy) is 2. The lowest BCUT2D eigenvalue weighted by molar-refractivity contribution is 0.00956. The summed E-state index contributed by atoms with van der Waals surface area (Å²) in [6.45, 7) is -0.0953. The Bertz CT molecular complexity index is 1280. The summed E-state index contributed by atoms with van der Waals surface area (Å²) < 4.78 is 24.1. The molecule has 1 saturated carbocycles. The van der Waals surface area contributed by atoms with E-state index in [9.17, 15) is 19.1 Å². The van der Waals surface area contributed by atoms with Gasteiger partial charge in [-0.2, -0.15) is 0 Å². The van der Waals surface area contributed by atoms with Crippen LogP contribution in [0, 0.1) is 11.7 Å². The Labute approximate surface area is 206 Å². The number of hydrogen-bond donors (Lipinski definition) is 2. The summed E-state index contributed by atoms with van der Waals surface area (Å²) in [6.07, 6.45) is 2.16. The fourth-order valence-corrected chi connectivity index (χ4v) is 4.16. The van der Waals surface area contributed by atoms with E-state index in [1.54, 1.807) is 30.3 Å². The number of benzene rings is 2. The van der Waals surface area contributed by atoms with Crippen molar-refractivity contribution < 1.29 is 28.6 Å². The van der Waals surface area contributed by atoms with Crippen LogP contribution in [0.3, 0.4) is 0 Å². The number of carbonyl (C=O) groups excluding carboxylic acids is 2. The van der Waals surface area contributed by atoms with Crippen LogP contribution in [-0.4, -0.2) is 43.0 Å². The number of methoxy groups -OCH3 is 2. The predicted molar refractivity (Wildman–Crippen MR) is 129 cm³/mol. The van der Waals surface area contributed by atoms with Crippen LogP contribution in [0.4, 0.5) is 4.39 Å². The van der Waals surface area contributed by atoms with E-state index < -0.39 is 17.3 Å². The molecular weight excluding hydrogens is 475 g/mol. The van der Waals surface area contributed by atoms with Crippen molar-refractivity contribution in [3.05, 3.63) is 76.2 Å². The highest BCUT2D eigenvalue weighted by atomic mass is 35.5. The number of rotatable bonds is 9. The smallest absolute Gasteiger partial charge is 0.251 e. The Morgan fingerprint density at radius 2 is 1.91 bits per heavy atom. The second kappa shape index (κ2) is 10.0. The minimum atomic E-state index is -1.47. The highest BCUT2D eigenvalue weighted by molar-refractivity contribution is 6.31. The first-order valence-electron chi connectivity index (χ1n) is 11.0. The van der Waals surface area contributed by atoms with Crippen molar-refractivity contribution >= 4 is 23.8 Å². The predicted octanol–water partition coefficient (Wildman–Crippen LogP) is 4.40. The van der Waals surface area contributed by atoms with E-state index in [1.807, 2.05) is 0 Å². The lowest BCUT2D eigenvalue weighted by Crippen LogP contribution is -2.43. The molecule has 1 fully saturated rings. The van der Waals surface area contributed by atoms with Gasteiger partial charge in [0, 0.05) is 16.7 Å². The molecule has 0 bridgehead atoms. The zero-order valence-electron chi connectivity index (χ0n) is 19.2. The van der Waals surface area contributed by atoms with Gasteiger partial charge < -0.3 is 19.9 Å². The molecule has 0 radical (unpaired) electrons. The first kappa shape index (κ1) is 24.6. The normalized spacial score (nSPS) is 14.7. The number of aldehydes is 1. The molecule has 1 aliphatic rings. The molecule has 1 heterocycles. The Balaban J connectivity index is 1.63. The van der Waals surface area contributed by atoms with E-state index in [-0.39, 0.29) is 28.7 Å². The summed E-state index contributed by atoms with van der Waals surface area (Å²) in [5.41, 5.74) is 0.147. The molecule has 7 nitrogen and oxygen atoms in total. The van der Waals surface area contributed by atoms with Gasteiger partial charge in [-0.05, 0) is 67.3 Å². The van der Waals surface area contributed by atoms with Gasteiger partial charge in [-0.1, -0.05) is 11.6 Å². The van der Waals surface area contributed by atoms with Gasteiger partial charge in [0.1, 0.15) is 11.4 Å². The van der Waals surface area contributed by atoms with Gasteiger partial charge in [-0.25, -0.2) is 9.37 Å². The zero-order valence-corrected chi connectivity index (χ0v) is 19.9. The van der Waals surface area contributed by atoms with E-state index in [2.05, 4.69) is 10.3 Å². The molecule has 1 aromatic heterocycles. The molecule has 0 saturated heterocycles. The topological polar surface area (TPSA) is 97.8 Å². The molecule has 4 rings (SSSR count). The van der Waals surface area contributed by atoms with Crippen molar-refractivity contribution in [2.45, 2.75) is 18.4 Å². The van der Waals surface area contributed by atoms with Gasteiger partial charge in [0.15, 0.2) is 17.8 Å². The molecular formula is C26H24ClFN2O5. The van der Waals surface area contributed by atoms with Crippen LogP contribution in [-0.2, 0) is 5.60 Å². The maximum atomic E-state index is 13.7. The maximum absolute atomic E-state index is 13.7. The molecule has 1 atom stereocenters. The SMILES string of the molecule is COc1ccc(C(=O)NCC(O)(c2ccc(C=O)c(-c3ccc(F)c(Cl)c3)n2)C2CC2)cc1OC. The average Bonchev–Trinajstić information content (AvgIpc) is 3.74. The summed E-state index contributed by atoms with van der Waals surface area (Å²) in [5.74, 6) is -0.211. The van der Waals surface area contributed by atoms with E-state index >= 15 is 0 Å². The zero-order chi connectivity index (χ0) is 25.2. The monoisotopic (exact) mass is 498 g/mol. The molecule has 1 unspecified atom stereocenters. The average molecular weight is 499 g/mol. The van der Waals surface area contributed by atoms with Crippen LogP contribution in [0.25, 0.3) is 11.3 Å². The summed E-state index contributed by atoms with van der Waals surface area (Å²) in [6, 6.07) is 11.9. The molecule has 2 N–H and O–H groups in total. The van der Waals surface area contributed by atoms with Crippen molar-refractivity contribution in [1.82, 2.24) is 10.3 Å². The molecule has 35 heavy (non-hydrogen) atoms. The van der Waals surface area contributed by atoms with Crippen LogP contribution in [0.5, 0.6) is 11.5 Å². The number of nitrogens with zero attached hydrogens (tertiary/aromatic N) is 1. The summed E-state index contributed by atoms with van der Waals surface area (Å²) >= 11 is 5.93. The van der Waals surface area contributed by atoms with Crippen molar-refractivity contribution in [3.63, 3.8) is 0 Å². The molecule has 1 aliphatic carbocycles. The van der Waals surface area contributed by atoms with Crippen molar-refractivity contribution in [2.75, 3.05) is 20.8 Å². The highest BCUT2D eigenvalue weighted by Crippen LogP contribution is 2.45. The first-order valence-corrected chi connectivity index (χ1v) is 11.3. The molecule has 182 valence electrons. The summed E-state index contributed by atoms with van der Waals surface area (Å²) in [5, 5.41) is 14.3. The quantitative estimate of drug-likeness (QED) is 0.424. The van der Waals surface area contributed by atoms with Crippen molar-refractivity contribution in [2.24, 2.45) is 5.92 Å². The van der Waals surface area contributed by atoms with E-state index in [0.29, 0.717) is 34.6 Å². The van der Waals surface area contributed by atoms with E-state index in [1.165, 1.54) is 32.4 Å². The second-order valence-electron chi connectivity index (χ2n) is 8.33. The lowest BCUT2D eigenvalue weighted by Gasteiger charge is -2.29. The summed E-state index contributed by atoms with van der Waals surface area (Å²) in [7, 11) is 2.98. The van der Waals surface area contributed by atoms with Gasteiger partial charge in [-0.3, -0.25) is 9.59 Å². The van der Waals surface area contributed by atoms with E-state index in [4.69, 9.17) is 21.1 Å². The number of pyridine rings is 1. The molecule has 1 amide bonds. The van der Waals surface area contributed by atoms with Crippen LogP contribution in [0.2, 0.25) is 5.02 Å². The number of halogens is 2. The van der Waals surface area contributed by atoms with Crippen LogP contribution < -0.4 is 14.8 Å². The first-order chi connectivity index (χ1) is 16.8. The standard InChI is InChI=1S/C26H24ClFN2O5/c1-34-21-9-4-16(12-22(21)35-2)25(32)29-14-26(33,18-6-7-18)23-10-5-17(13-31)24(30-23)15-3-8-20(28)19(27)11-15/h3-5,8-13,18,33H,6-7,14H2,1-2H3,(H,29,32). The maximum Gasteiger partial charge on any atom is 0.251 e. The van der Waals surface area contributed by atoms with Crippen LogP contribution >= 0.6 is 11.6 Å². The summed E-state index contributed by atoms with van der Waals surface area (Å²) in [4.78, 5) is 29.1. The highest BCUT2D eigenvalue weighted by Gasteiger charge is 2.46. The minimum Gasteiger partial charge on any atom is -0.493 e. The van der Waals surface area contributed by atoms with Gasteiger partial charge in [-0.15, -0.1) is 0 Å². The molecule has 3 aromatic rings. The van der Waals surface area contributed by atoms with Crippen LogP contribution in [0.15, 0.2) is 48.5 Å². The fraction of sp³-hybridized carbons (Fsp3) is 0.269. The fourth-order valence-electron chi connectivity index (χ4n) is 3.98. The molecule has 0 spiro atoms. The number of carbonyl (C=O) groups is 2. The Morgan fingerprint density at radius 1 is 1.17 bits per heavy atom. The largest absolute Gasteiger partial charge is 0.493 e. The third-order valence-corrected chi connectivity index (χ3v) is 6.40. The second-order valence-corrected chi connectivity index (χ2v) is 8.74. The van der Waals surface area contributed by atoms with Gasteiger partial charge in [0.05, 0.1) is 37.2 Å². The number of aliphatic hydroxyl groups is 1. The number of hydrogen-bond acceptors (Lipinski definition) is 6.